The van der Waals surface area contributed by atoms with Crippen LogP contribution in [0.5, 0.6) is 0 Å². The zero-order valence-corrected chi connectivity index (χ0v) is 8.55. The van der Waals surface area contributed by atoms with Crippen molar-refractivity contribution in [2.75, 3.05) is 19.1 Å². The van der Waals surface area contributed by atoms with Gasteiger partial charge < -0.3 is 14.2 Å². The van der Waals surface area contributed by atoms with Crippen LogP contribution < -0.4 is 0 Å². The van der Waals surface area contributed by atoms with Crippen molar-refractivity contribution < 1.29 is 14.2 Å². The molecule has 3 unspecified atom stereocenters. The average Bonchev–Trinajstić information content (AvgIpc) is 2.48. The molecule has 3 nitrogen and oxygen atoms in total. The fourth-order valence-corrected chi connectivity index (χ4v) is 1.96. The van der Waals surface area contributed by atoms with Crippen molar-refractivity contribution in [3.8, 4) is 0 Å². The molecule has 2 aliphatic heterocycles. The normalized spacial score (nSPS) is 45.7. The fourth-order valence-electron chi connectivity index (χ4n) is 1.80. The summed E-state index contributed by atoms with van der Waals surface area (Å²) in [6, 6.07) is 0. The van der Waals surface area contributed by atoms with Crippen molar-refractivity contribution in [1.29, 1.82) is 0 Å². The van der Waals surface area contributed by atoms with Gasteiger partial charge in [0.05, 0.1) is 19.1 Å². The summed E-state index contributed by atoms with van der Waals surface area (Å²) in [7, 11) is 0. The van der Waals surface area contributed by atoms with Gasteiger partial charge >= 0.3 is 0 Å². The minimum absolute atomic E-state index is 0.00744. The minimum atomic E-state index is -0.767. The van der Waals surface area contributed by atoms with Gasteiger partial charge in [0.25, 0.3) is 5.97 Å². The lowest BCUT2D eigenvalue weighted by atomic mass is 10.0. The molecule has 0 aromatic rings. The minimum Gasteiger partial charge on any atom is -0.327 e. The molecule has 0 bridgehead atoms. The van der Waals surface area contributed by atoms with E-state index in [0.717, 1.165) is 19.4 Å². The van der Waals surface area contributed by atoms with Gasteiger partial charge in [0.2, 0.25) is 0 Å². The van der Waals surface area contributed by atoms with Crippen molar-refractivity contribution in [2.24, 2.45) is 5.92 Å². The van der Waals surface area contributed by atoms with Crippen LogP contribution in [-0.4, -0.2) is 31.2 Å². The molecule has 0 N–H and O–H groups in total. The van der Waals surface area contributed by atoms with E-state index in [4.69, 9.17) is 25.8 Å². The highest BCUT2D eigenvalue weighted by molar-refractivity contribution is 6.18. The van der Waals surface area contributed by atoms with E-state index < -0.39 is 5.97 Å². The van der Waals surface area contributed by atoms with Gasteiger partial charge in [-0.3, -0.25) is 0 Å². The molecule has 2 aliphatic rings. The Hall–Kier alpha value is 0.170. The molecule has 4 heteroatoms. The molecule has 2 heterocycles. The monoisotopic (exact) mass is 206 g/mol. The molecule has 2 saturated heterocycles. The summed E-state index contributed by atoms with van der Waals surface area (Å²) < 4.78 is 16.7. The van der Waals surface area contributed by atoms with E-state index in [0.29, 0.717) is 18.4 Å². The van der Waals surface area contributed by atoms with Crippen LogP contribution in [0.4, 0.5) is 0 Å². The molecule has 1 spiro atoms. The molecule has 0 aromatic heterocycles. The van der Waals surface area contributed by atoms with Gasteiger partial charge in [-0.05, 0) is 12.3 Å². The first-order valence-electron chi connectivity index (χ1n) is 4.76. The Balaban J connectivity index is 1.97. The summed E-state index contributed by atoms with van der Waals surface area (Å²) in [5.41, 5.74) is 0. The van der Waals surface area contributed by atoms with Crippen molar-refractivity contribution >= 4 is 11.6 Å². The van der Waals surface area contributed by atoms with Gasteiger partial charge in [-0.25, -0.2) is 0 Å². The largest absolute Gasteiger partial charge is 0.327 e. The molecule has 0 amide bonds. The predicted molar refractivity (Wildman–Crippen MR) is 48.6 cm³/mol. The zero-order valence-electron chi connectivity index (χ0n) is 7.79. The van der Waals surface area contributed by atoms with Crippen molar-refractivity contribution in [2.45, 2.75) is 31.8 Å². The Bertz CT molecular complexity index is 188. The quantitative estimate of drug-likeness (QED) is 0.612. The Morgan fingerprint density at radius 1 is 1.46 bits per heavy atom. The molecular weight excluding hydrogens is 192 g/mol. The van der Waals surface area contributed by atoms with Gasteiger partial charge in [-0.1, -0.05) is 6.92 Å². The smallest absolute Gasteiger partial charge is 0.283 e. The summed E-state index contributed by atoms with van der Waals surface area (Å²) in [6.07, 6.45) is 1.90. The second-order valence-corrected chi connectivity index (χ2v) is 4.14. The molecule has 13 heavy (non-hydrogen) atoms. The van der Waals surface area contributed by atoms with Crippen LogP contribution in [0.15, 0.2) is 0 Å². The van der Waals surface area contributed by atoms with Gasteiger partial charge in [0.15, 0.2) is 0 Å². The summed E-state index contributed by atoms with van der Waals surface area (Å²) in [6.45, 7) is 3.46. The SMILES string of the molecule is CC1CCOC2(C1)OCC(CCl)O2. The third kappa shape index (κ3) is 1.99. The summed E-state index contributed by atoms with van der Waals surface area (Å²) in [4.78, 5) is 0. The van der Waals surface area contributed by atoms with Crippen molar-refractivity contribution in [3.05, 3.63) is 0 Å². The highest BCUT2D eigenvalue weighted by Crippen LogP contribution is 2.36. The first-order valence-corrected chi connectivity index (χ1v) is 5.29. The zero-order chi connectivity index (χ0) is 9.31. The van der Waals surface area contributed by atoms with Crippen LogP contribution in [-0.2, 0) is 14.2 Å². The number of hydrogen-bond acceptors (Lipinski definition) is 3. The standard InChI is InChI=1S/C9H15ClO3/c1-7-2-3-11-9(4-7)12-6-8(5-10)13-9/h7-8H,2-6H2,1H3. The van der Waals surface area contributed by atoms with E-state index in [1.165, 1.54) is 0 Å². The van der Waals surface area contributed by atoms with E-state index in [1.807, 2.05) is 0 Å². The first-order chi connectivity index (χ1) is 6.24. The summed E-state index contributed by atoms with van der Waals surface area (Å²) >= 11 is 5.69. The third-order valence-corrected chi connectivity index (χ3v) is 2.88. The average molecular weight is 207 g/mol. The first kappa shape index (κ1) is 9.71. The molecule has 0 aromatic carbocycles. The van der Waals surface area contributed by atoms with Gasteiger partial charge in [0.1, 0.15) is 6.10 Å². The molecule has 3 atom stereocenters. The molecule has 2 rings (SSSR count). The maximum absolute atomic E-state index is 5.69. The lowest BCUT2D eigenvalue weighted by molar-refractivity contribution is -0.356. The molecule has 0 aliphatic carbocycles. The molecule has 76 valence electrons. The molecule has 0 radical (unpaired) electrons. The lowest BCUT2D eigenvalue weighted by Crippen LogP contribution is -2.40. The number of alkyl halides is 1. The lowest BCUT2D eigenvalue weighted by Gasteiger charge is -2.34. The van der Waals surface area contributed by atoms with E-state index in [-0.39, 0.29) is 6.10 Å². The van der Waals surface area contributed by atoms with Crippen LogP contribution >= 0.6 is 11.6 Å². The van der Waals surface area contributed by atoms with Crippen LogP contribution in [0.1, 0.15) is 19.8 Å². The predicted octanol–water partition coefficient (Wildman–Crippen LogP) is 1.74. The van der Waals surface area contributed by atoms with E-state index >= 15 is 0 Å². The van der Waals surface area contributed by atoms with Gasteiger partial charge in [0, 0.05) is 6.42 Å². The van der Waals surface area contributed by atoms with E-state index in [2.05, 4.69) is 6.92 Å². The van der Waals surface area contributed by atoms with Crippen LogP contribution in [0.25, 0.3) is 0 Å². The summed E-state index contributed by atoms with van der Waals surface area (Å²) in [5, 5.41) is 0. The van der Waals surface area contributed by atoms with Crippen LogP contribution in [0, 0.1) is 5.92 Å². The number of hydrogen-bond donors (Lipinski definition) is 0. The number of rotatable bonds is 1. The Morgan fingerprint density at radius 2 is 2.31 bits per heavy atom. The summed E-state index contributed by atoms with van der Waals surface area (Å²) in [5.74, 6) is 0.305. The Labute approximate surface area is 83.3 Å². The van der Waals surface area contributed by atoms with Crippen LogP contribution in [0.3, 0.4) is 0 Å². The third-order valence-electron chi connectivity index (χ3n) is 2.54. The molecular formula is C9H15ClO3. The van der Waals surface area contributed by atoms with Crippen molar-refractivity contribution in [1.82, 2.24) is 0 Å². The van der Waals surface area contributed by atoms with E-state index in [1.54, 1.807) is 0 Å². The second-order valence-electron chi connectivity index (χ2n) is 3.83. The topological polar surface area (TPSA) is 27.7 Å². The maximum Gasteiger partial charge on any atom is 0.283 e. The number of ether oxygens (including phenoxy) is 3. The fraction of sp³-hybridized carbons (Fsp3) is 1.00. The van der Waals surface area contributed by atoms with Gasteiger partial charge in [-0.2, -0.15) is 0 Å². The number of halogens is 1. The van der Waals surface area contributed by atoms with E-state index in [9.17, 15) is 0 Å². The molecule has 0 saturated carbocycles. The highest BCUT2D eigenvalue weighted by atomic mass is 35.5. The van der Waals surface area contributed by atoms with Gasteiger partial charge in [-0.15, -0.1) is 11.6 Å². The Kier molecular flexibility index (Phi) is 2.79. The van der Waals surface area contributed by atoms with Crippen LogP contribution in [0.2, 0.25) is 0 Å². The Morgan fingerprint density at radius 3 is 2.92 bits per heavy atom. The maximum atomic E-state index is 5.69. The van der Waals surface area contributed by atoms with Crippen molar-refractivity contribution in [3.63, 3.8) is 0 Å². The highest BCUT2D eigenvalue weighted by Gasteiger charge is 2.45. The molecule has 2 fully saturated rings. The second kappa shape index (κ2) is 3.73.